The number of benzene rings is 1. The molecule has 7 nitrogen and oxygen atoms in total. The van der Waals surface area contributed by atoms with Gasteiger partial charge in [-0.05, 0) is 36.4 Å². The zero-order chi connectivity index (χ0) is 17.6. The van der Waals surface area contributed by atoms with Crippen molar-refractivity contribution in [2.75, 3.05) is 0 Å². The van der Waals surface area contributed by atoms with E-state index in [0.717, 1.165) is 0 Å². The van der Waals surface area contributed by atoms with Crippen LogP contribution in [0.3, 0.4) is 0 Å². The van der Waals surface area contributed by atoms with Crippen molar-refractivity contribution < 1.29 is 0 Å². The van der Waals surface area contributed by atoms with Crippen molar-refractivity contribution >= 4 is 34.4 Å². The van der Waals surface area contributed by atoms with Crippen molar-refractivity contribution in [2.45, 2.75) is 0 Å². The largest absolute Gasteiger partial charge is 0.327 e. The van der Waals surface area contributed by atoms with Crippen LogP contribution in [0, 0.1) is 0 Å². The van der Waals surface area contributed by atoms with Crippen LogP contribution in [-0.2, 0) is 0 Å². The number of hydrogen-bond donors (Lipinski definition) is 2. The number of hydrogen-bond acceptors (Lipinski definition) is 4. The molecule has 0 amide bonds. The monoisotopic (exact) mass is 373 g/mol. The highest BCUT2D eigenvalue weighted by molar-refractivity contribution is 6.33. The molecule has 0 aliphatic heterocycles. The Kier molecular flexibility index (Phi) is 3.67. The summed E-state index contributed by atoms with van der Waals surface area (Å²) in [7, 11) is 0. The molecule has 25 heavy (non-hydrogen) atoms. The average Bonchev–Trinajstić information content (AvgIpc) is 2.95. The third kappa shape index (κ3) is 2.63. The molecular formula is C16H9Cl2N5O2. The number of nitrogens with one attached hydrogen (secondary N) is 2. The van der Waals surface area contributed by atoms with Crippen molar-refractivity contribution in [3.05, 3.63) is 73.5 Å². The van der Waals surface area contributed by atoms with Crippen molar-refractivity contribution in [1.29, 1.82) is 0 Å². The van der Waals surface area contributed by atoms with Gasteiger partial charge >= 0.3 is 5.69 Å². The van der Waals surface area contributed by atoms with Gasteiger partial charge in [-0.15, -0.1) is 0 Å². The zero-order valence-corrected chi connectivity index (χ0v) is 14.0. The first-order valence-corrected chi connectivity index (χ1v) is 7.92. The topological polar surface area (TPSA) is 96.4 Å². The Morgan fingerprint density at radius 3 is 2.48 bits per heavy atom. The highest BCUT2D eigenvalue weighted by atomic mass is 35.5. The first-order valence-electron chi connectivity index (χ1n) is 7.16. The molecule has 0 saturated heterocycles. The second-order valence-electron chi connectivity index (χ2n) is 5.19. The Labute approximate surface area is 149 Å². The summed E-state index contributed by atoms with van der Waals surface area (Å²) in [5, 5.41) is 0.916. The second kappa shape index (κ2) is 5.87. The number of aromatic nitrogens is 5. The molecule has 0 spiro atoms. The van der Waals surface area contributed by atoms with Gasteiger partial charge in [-0.25, -0.2) is 9.78 Å². The van der Waals surface area contributed by atoms with Crippen molar-refractivity contribution in [3.63, 3.8) is 0 Å². The Hall–Kier alpha value is -2.90. The first-order chi connectivity index (χ1) is 12.0. The van der Waals surface area contributed by atoms with Crippen molar-refractivity contribution in [3.8, 4) is 17.2 Å². The quantitative estimate of drug-likeness (QED) is 0.564. The molecule has 0 unspecified atom stereocenters. The Balaban J connectivity index is 2.16. The summed E-state index contributed by atoms with van der Waals surface area (Å²) < 4.78 is 1.58. The molecule has 0 atom stereocenters. The molecule has 0 fully saturated rings. The predicted molar refractivity (Wildman–Crippen MR) is 95.6 cm³/mol. The minimum absolute atomic E-state index is 0.139. The lowest BCUT2D eigenvalue weighted by Gasteiger charge is -2.09. The molecule has 0 aliphatic rings. The Morgan fingerprint density at radius 1 is 1.00 bits per heavy atom. The summed E-state index contributed by atoms with van der Waals surface area (Å²) >= 11 is 12.2. The minimum Gasteiger partial charge on any atom is -0.290 e. The van der Waals surface area contributed by atoms with Gasteiger partial charge < -0.3 is 0 Å². The summed E-state index contributed by atoms with van der Waals surface area (Å²) in [5.41, 5.74) is 0.118. The van der Waals surface area contributed by atoms with E-state index in [9.17, 15) is 9.59 Å². The Bertz CT molecular complexity index is 1210. The molecule has 0 saturated carbocycles. The molecular weight excluding hydrogens is 365 g/mol. The first kappa shape index (κ1) is 15.6. The minimum atomic E-state index is -0.642. The summed E-state index contributed by atoms with van der Waals surface area (Å²) in [4.78, 5) is 37.3. The number of fused-ring (bicyclic) bond motifs is 1. The maximum absolute atomic E-state index is 12.4. The lowest BCUT2D eigenvalue weighted by molar-refractivity contribution is 1.04. The van der Waals surface area contributed by atoms with Crippen LogP contribution in [0.5, 0.6) is 0 Å². The van der Waals surface area contributed by atoms with Gasteiger partial charge in [0.2, 0.25) is 0 Å². The molecule has 4 rings (SSSR count). The van der Waals surface area contributed by atoms with Gasteiger partial charge in [-0.1, -0.05) is 23.2 Å². The third-order valence-corrected chi connectivity index (χ3v) is 4.16. The van der Waals surface area contributed by atoms with Crippen LogP contribution < -0.4 is 11.2 Å². The molecule has 0 radical (unpaired) electrons. The maximum Gasteiger partial charge on any atom is 0.327 e. The van der Waals surface area contributed by atoms with E-state index >= 15 is 0 Å². The van der Waals surface area contributed by atoms with E-state index in [0.29, 0.717) is 27.3 Å². The van der Waals surface area contributed by atoms with Gasteiger partial charge in [0, 0.05) is 16.9 Å². The highest BCUT2D eigenvalue weighted by Crippen LogP contribution is 2.29. The normalized spacial score (nSPS) is 11.1. The number of halogens is 2. The molecule has 124 valence electrons. The van der Waals surface area contributed by atoms with Crippen molar-refractivity contribution in [2.24, 2.45) is 0 Å². The molecule has 9 heteroatoms. The van der Waals surface area contributed by atoms with E-state index in [1.807, 2.05) is 0 Å². The van der Waals surface area contributed by atoms with Gasteiger partial charge in [-0.2, -0.15) is 0 Å². The van der Waals surface area contributed by atoms with Crippen molar-refractivity contribution in [1.82, 2.24) is 24.5 Å². The van der Waals surface area contributed by atoms with Gasteiger partial charge in [0.1, 0.15) is 5.69 Å². The van der Waals surface area contributed by atoms with Crippen LogP contribution in [0.1, 0.15) is 0 Å². The van der Waals surface area contributed by atoms with E-state index in [-0.39, 0.29) is 11.2 Å². The summed E-state index contributed by atoms with van der Waals surface area (Å²) in [5.74, 6) is 0.329. The van der Waals surface area contributed by atoms with Crippen LogP contribution >= 0.6 is 23.2 Å². The number of nitrogens with zero attached hydrogens (tertiary/aromatic N) is 3. The molecule has 4 aromatic rings. The number of imidazole rings is 1. The molecule has 3 heterocycles. The number of pyridine rings is 1. The van der Waals surface area contributed by atoms with Gasteiger partial charge in [-0.3, -0.25) is 24.3 Å². The van der Waals surface area contributed by atoms with Gasteiger partial charge in [0.05, 0.1) is 5.02 Å². The SMILES string of the molecule is O=c1[nH]c(=O)c2c(nc(-c3ncccc3Cl)n2-c2ccc(Cl)cc2)[nH]1. The van der Waals surface area contributed by atoms with E-state index in [2.05, 4.69) is 19.9 Å². The smallest absolute Gasteiger partial charge is 0.290 e. The van der Waals surface area contributed by atoms with Crippen LogP contribution in [0.25, 0.3) is 28.4 Å². The average molecular weight is 374 g/mol. The van der Waals surface area contributed by atoms with E-state index in [1.54, 1.807) is 47.2 Å². The van der Waals surface area contributed by atoms with E-state index in [1.165, 1.54) is 0 Å². The number of aromatic amines is 2. The third-order valence-electron chi connectivity index (χ3n) is 3.61. The fraction of sp³-hybridized carbons (Fsp3) is 0. The standard InChI is InChI=1S/C16H9Cl2N5O2/c17-8-3-5-9(6-4-8)23-12-13(21-16(25)22-15(12)24)20-14(23)11-10(18)2-1-7-19-11/h1-7H,(H2,21,22,24,25). The van der Waals surface area contributed by atoms with Crippen LogP contribution in [0.2, 0.25) is 10.0 Å². The summed E-state index contributed by atoms with van der Waals surface area (Å²) in [6, 6.07) is 10.2. The van der Waals surface area contributed by atoms with Crippen LogP contribution in [0.4, 0.5) is 0 Å². The number of H-pyrrole nitrogens is 2. The Morgan fingerprint density at radius 2 is 1.76 bits per heavy atom. The van der Waals surface area contributed by atoms with Gasteiger partial charge in [0.25, 0.3) is 5.56 Å². The fourth-order valence-electron chi connectivity index (χ4n) is 2.57. The summed E-state index contributed by atoms with van der Waals surface area (Å²) in [6.45, 7) is 0. The molecule has 0 bridgehead atoms. The predicted octanol–water partition coefficient (Wildman–Crippen LogP) is 2.77. The molecule has 2 N–H and O–H groups in total. The molecule has 1 aromatic carbocycles. The van der Waals surface area contributed by atoms with E-state index in [4.69, 9.17) is 23.2 Å². The fourth-order valence-corrected chi connectivity index (χ4v) is 2.90. The van der Waals surface area contributed by atoms with Gasteiger partial charge in [0.15, 0.2) is 17.0 Å². The highest BCUT2D eigenvalue weighted by Gasteiger charge is 2.20. The molecule has 3 aromatic heterocycles. The lowest BCUT2D eigenvalue weighted by atomic mass is 10.3. The zero-order valence-electron chi connectivity index (χ0n) is 12.5. The van der Waals surface area contributed by atoms with E-state index < -0.39 is 11.2 Å². The maximum atomic E-state index is 12.4. The lowest BCUT2D eigenvalue weighted by Crippen LogP contribution is -2.23. The second-order valence-corrected chi connectivity index (χ2v) is 6.03. The van der Waals surface area contributed by atoms with Crippen LogP contribution in [0.15, 0.2) is 52.2 Å². The van der Waals surface area contributed by atoms with Crippen LogP contribution in [-0.4, -0.2) is 24.5 Å². The number of rotatable bonds is 2. The summed E-state index contributed by atoms with van der Waals surface area (Å²) in [6.07, 6.45) is 1.57. The molecule has 0 aliphatic carbocycles.